The van der Waals surface area contributed by atoms with Crippen molar-refractivity contribution in [2.75, 3.05) is 13.7 Å². The van der Waals surface area contributed by atoms with Gasteiger partial charge in [0.05, 0.1) is 13.7 Å². The van der Waals surface area contributed by atoms with E-state index < -0.39 is 0 Å². The zero-order chi connectivity index (χ0) is 11.3. The molecule has 0 aromatic heterocycles. The van der Waals surface area contributed by atoms with E-state index >= 15 is 0 Å². The molecule has 0 fully saturated rings. The van der Waals surface area contributed by atoms with Gasteiger partial charge in [-0.3, -0.25) is 0 Å². The normalized spacial score (nSPS) is 12.9. The molecule has 0 amide bonds. The zero-order valence-corrected chi connectivity index (χ0v) is 9.99. The summed E-state index contributed by atoms with van der Waals surface area (Å²) in [5.74, 6) is 2.21. The van der Waals surface area contributed by atoms with Crippen LogP contribution in [0.25, 0.3) is 0 Å². The number of hydrogen-bond acceptors (Lipinski definition) is 1. The minimum absolute atomic E-state index is 0.619. The molecule has 0 unspecified atom stereocenters. The maximum absolute atomic E-state index is 5.16. The highest BCUT2D eigenvalue weighted by Crippen LogP contribution is 2.28. The predicted molar refractivity (Wildman–Crippen MR) is 62.9 cm³/mol. The molecule has 2 heteroatoms. The Morgan fingerprint density at radius 1 is 1.20 bits per heavy atom. The molecule has 0 saturated carbocycles. The first-order valence-corrected chi connectivity index (χ1v) is 5.62. The van der Waals surface area contributed by atoms with E-state index in [0.29, 0.717) is 11.8 Å². The molecule has 15 heavy (non-hydrogen) atoms. The average molecular weight is 208 g/mol. The van der Waals surface area contributed by atoms with Gasteiger partial charge in [0.2, 0.25) is 0 Å². The lowest BCUT2D eigenvalue weighted by Crippen LogP contribution is -2.50. The molecular formula is C13H22NO+. The third kappa shape index (κ3) is 3.24. The first-order valence-electron chi connectivity index (χ1n) is 5.62. The second-order valence-corrected chi connectivity index (χ2v) is 4.27. The highest BCUT2D eigenvalue weighted by atomic mass is 16.5. The van der Waals surface area contributed by atoms with Crippen molar-refractivity contribution in [2.24, 2.45) is 5.92 Å². The predicted octanol–water partition coefficient (Wildman–Crippen LogP) is 2.07. The molecule has 1 rings (SSSR count). The topological polar surface area (TPSA) is 36.9 Å². The summed E-state index contributed by atoms with van der Waals surface area (Å²) in [5, 5.41) is 0. The number of hydrogen-bond donors (Lipinski definition) is 1. The van der Waals surface area contributed by atoms with Gasteiger partial charge < -0.3 is 10.5 Å². The van der Waals surface area contributed by atoms with Crippen molar-refractivity contribution in [1.82, 2.24) is 0 Å². The van der Waals surface area contributed by atoms with Crippen LogP contribution in [-0.2, 0) is 0 Å². The summed E-state index contributed by atoms with van der Waals surface area (Å²) in [6, 6.07) is 8.40. The molecule has 2 nitrogen and oxygen atoms in total. The summed E-state index contributed by atoms with van der Waals surface area (Å²) in [6.45, 7) is 5.53. The van der Waals surface area contributed by atoms with Gasteiger partial charge in [-0.2, -0.15) is 0 Å². The molecule has 0 spiro atoms. The van der Waals surface area contributed by atoms with Gasteiger partial charge in [0.15, 0.2) is 0 Å². The number of ether oxygens (including phenoxy) is 1. The number of methoxy groups -OCH3 is 1. The first-order chi connectivity index (χ1) is 7.19. The monoisotopic (exact) mass is 208 g/mol. The standard InChI is InChI=1S/C13H21NO/c1-10(2)13(8-9-14)11-4-6-12(15-3)7-5-11/h4-7,10,13H,8-9,14H2,1-3H3/p+1/t13-/m1/s1. The number of rotatable bonds is 5. The molecular weight excluding hydrogens is 186 g/mol. The van der Waals surface area contributed by atoms with Crippen molar-refractivity contribution in [2.45, 2.75) is 26.2 Å². The molecule has 84 valence electrons. The Morgan fingerprint density at radius 2 is 1.80 bits per heavy atom. The summed E-state index contributed by atoms with van der Waals surface area (Å²) >= 11 is 0. The molecule has 0 bridgehead atoms. The lowest BCUT2D eigenvalue weighted by atomic mass is 9.86. The van der Waals surface area contributed by atoms with Gasteiger partial charge >= 0.3 is 0 Å². The minimum Gasteiger partial charge on any atom is -0.497 e. The molecule has 0 heterocycles. The third-order valence-electron chi connectivity index (χ3n) is 2.86. The Balaban J connectivity index is 2.81. The Morgan fingerprint density at radius 3 is 2.20 bits per heavy atom. The second-order valence-electron chi connectivity index (χ2n) is 4.27. The Labute approximate surface area is 92.4 Å². The summed E-state index contributed by atoms with van der Waals surface area (Å²) in [7, 11) is 1.70. The fourth-order valence-electron chi connectivity index (χ4n) is 1.96. The Hall–Kier alpha value is -1.02. The van der Waals surface area contributed by atoms with Crippen LogP contribution in [0.2, 0.25) is 0 Å². The van der Waals surface area contributed by atoms with Crippen LogP contribution < -0.4 is 10.5 Å². The summed E-state index contributed by atoms with van der Waals surface area (Å²) < 4.78 is 5.16. The SMILES string of the molecule is COc1ccc([C@H](CC[NH3+])C(C)C)cc1. The fourth-order valence-corrected chi connectivity index (χ4v) is 1.96. The van der Waals surface area contributed by atoms with Crippen LogP contribution >= 0.6 is 0 Å². The van der Waals surface area contributed by atoms with Crippen LogP contribution in [0.5, 0.6) is 5.75 Å². The molecule has 0 radical (unpaired) electrons. The first kappa shape index (κ1) is 12.1. The summed E-state index contributed by atoms with van der Waals surface area (Å²) in [6.07, 6.45) is 1.16. The Kier molecular flexibility index (Phi) is 4.63. The maximum Gasteiger partial charge on any atom is 0.118 e. The second kappa shape index (κ2) is 5.76. The summed E-state index contributed by atoms with van der Waals surface area (Å²) in [4.78, 5) is 0. The molecule has 0 aliphatic rings. The lowest BCUT2D eigenvalue weighted by Gasteiger charge is -2.19. The van der Waals surface area contributed by atoms with Crippen LogP contribution in [0.4, 0.5) is 0 Å². The van der Waals surface area contributed by atoms with Crippen LogP contribution in [0, 0.1) is 5.92 Å². The van der Waals surface area contributed by atoms with E-state index in [-0.39, 0.29) is 0 Å². The van der Waals surface area contributed by atoms with Gasteiger partial charge in [0.25, 0.3) is 0 Å². The van der Waals surface area contributed by atoms with E-state index in [2.05, 4.69) is 31.7 Å². The molecule has 1 aromatic carbocycles. The highest BCUT2D eigenvalue weighted by Gasteiger charge is 2.15. The molecule has 1 atom stereocenters. The van der Waals surface area contributed by atoms with Crippen molar-refractivity contribution in [3.63, 3.8) is 0 Å². The van der Waals surface area contributed by atoms with Gasteiger partial charge in [-0.1, -0.05) is 26.0 Å². The van der Waals surface area contributed by atoms with Crippen molar-refractivity contribution < 1.29 is 10.5 Å². The molecule has 1 aromatic rings. The number of benzene rings is 1. The van der Waals surface area contributed by atoms with Crippen LogP contribution in [0.15, 0.2) is 24.3 Å². The smallest absolute Gasteiger partial charge is 0.118 e. The van der Waals surface area contributed by atoms with Gasteiger partial charge in [0, 0.05) is 6.42 Å². The van der Waals surface area contributed by atoms with E-state index in [1.54, 1.807) is 7.11 Å². The quantitative estimate of drug-likeness (QED) is 0.790. The zero-order valence-electron chi connectivity index (χ0n) is 9.99. The van der Waals surface area contributed by atoms with Crippen LogP contribution in [-0.4, -0.2) is 13.7 Å². The van der Waals surface area contributed by atoms with Crippen LogP contribution in [0.3, 0.4) is 0 Å². The largest absolute Gasteiger partial charge is 0.497 e. The van der Waals surface area contributed by atoms with Crippen molar-refractivity contribution >= 4 is 0 Å². The highest BCUT2D eigenvalue weighted by molar-refractivity contribution is 5.29. The van der Waals surface area contributed by atoms with Gasteiger partial charge in [-0.05, 0) is 29.5 Å². The van der Waals surface area contributed by atoms with E-state index in [0.717, 1.165) is 18.7 Å². The third-order valence-corrected chi connectivity index (χ3v) is 2.86. The number of quaternary nitrogens is 1. The molecule has 3 N–H and O–H groups in total. The van der Waals surface area contributed by atoms with Crippen LogP contribution in [0.1, 0.15) is 31.7 Å². The van der Waals surface area contributed by atoms with Gasteiger partial charge in [-0.15, -0.1) is 0 Å². The average Bonchev–Trinajstić information content (AvgIpc) is 2.26. The Bertz CT molecular complexity index is 279. The van der Waals surface area contributed by atoms with Crippen molar-refractivity contribution in [1.29, 1.82) is 0 Å². The maximum atomic E-state index is 5.16. The molecule has 0 aliphatic heterocycles. The summed E-state index contributed by atoms with van der Waals surface area (Å²) in [5.41, 5.74) is 5.34. The van der Waals surface area contributed by atoms with Crippen molar-refractivity contribution in [3.05, 3.63) is 29.8 Å². The van der Waals surface area contributed by atoms with E-state index in [1.807, 2.05) is 12.1 Å². The van der Waals surface area contributed by atoms with Crippen molar-refractivity contribution in [3.8, 4) is 5.75 Å². The van der Waals surface area contributed by atoms with E-state index in [9.17, 15) is 0 Å². The van der Waals surface area contributed by atoms with E-state index in [1.165, 1.54) is 5.56 Å². The van der Waals surface area contributed by atoms with Gasteiger partial charge in [0.1, 0.15) is 5.75 Å². The fraction of sp³-hybridized carbons (Fsp3) is 0.538. The van der Waals surface area contributed by atoms with Gasteiger partial charge in [-0.25, -0.2) is 0 Å². The molecule has 0 aliphatic carbocycles. The van der Waals surface area contributed by atoms with E-state index in [4.69, 9.17) is 4.74 Å². The minimum atomic E-state index is 0.619. The molecule has 0 saturated heterocycles. The lowest BCUT2D eigenvalue weighted by molar-refractivity contribution is -0.369.